The number of H-pyrrole nitrogens is 1. The molecule has 0 unspecified atom stereocenters. The van der Waals surface area contributed by atoms with E-state index in [1.807, 2.05) is 44.2 Å². The highest BCUT2D eigenvalue weighted by Gasteiger charge is 2.07. The number of hydrogen-bond acceptors (Lipinski definition) is 5. The van der Waals surface area contributed by atoms with Crippen molar-refractivity contribution in [3.05, 3.63) is 70.5 Å². The van der Waals surface area contributed by atoms with E-state index in [0.717, 1.165) is 54.3 Å². The van der Waals surface area contributed by atoms with Crippen LogP contribution < -0.4 is 10.9 Å². The van der Waals surface area contributed by atoms with Gasteiger partial charge in [-0.1, -0.05) is 19.1 Å². The molecule has 0 aliphatic heterocycles. The predicted octanol–water partition coefficient (Wildman–Crippen LogP) is 3.55. The summed E-state index contributed by atoms with van der Waals surface area (Å²) in [6.45, 7) is 5.72. The molecule has 0 aliphatic carbocycles. The SMILES string of the molecule is CCc1cc(=O)[nH]c(-c2ccc(NCCCn3c(C)nc4ccccc43)nc2)n1. The average molecular weight is 388 g/mol. The number of pyridine rings is 1. The van der Waals surface area contributed by atoms with Gasteiger partial charge in [-0.2, -0.15) is 0 Å². The number of fused-ring (bicyclic) bond motifs is 1. The van der Waals surface area contributed by atoms with E-state index in [1.165, 1.54) is 11.6 Å². The molecule has 0 aliphatic rings. The Morgan fingerprint density at radius 3 is 2.79 bits per heavy atom. The lowest BCUT2D eigenvalue weighted by atomic mass is 10.2. The quantitative estimate of drug-likeness (QED) is 0.473. The number of aromatic nitrogens is 5. The normalized spacial score (nSPS) is 11.1. The van der Waals surface area contributed by atoms with Crippen molar-refractivity contribution in [3.8, 4) is 11.4 Å². The summed E-state index contributed by atoms with van der Waals surface area (Å²) in [4.78, 5) is 28.0. The first-order valence-corrected chi connectivity index (χ1v) is 9.86. The van der Waals surface area contributed by atoms with Crippen molar-refractivity contribution in [1.29, 1.82) is 0 Å². The smallest absolute Gasteiger partial charge is 0.251 e. The summed E-state index contributed by atoms with van der Waals surface area (Å²) in [5.74, 6) is 2.38. The maximum absolute atomic E-state index is 11.8. The number of hydrogen-bond donors (Lipinski definition) is 2. The molecule has 0 saturated heterocycles. The van der Waals surface area contributed by atoms with Gasteiger partial charge < -0.3 is 14.9 Å². The molecule has 4 aromatic rings. The van der Waals surface area contributed by atoms with Crippen molar-refractivity contribution in [3.63, 3.8) is 0 Å². The minimum atomic E-state index is -0.142. The Hall–Kier alpha value is -3.48. The number of anilines is 1. The Bertz CT molecular complexity index is 1180. The number of rotatable bonds is 7. The van der Waals surface area contributed by atoms with Crippen molar-refractivity contribution in [2.45, 2.75) is 33.2 Å². The Labute approximate surface area is 168 Å². The van der Waals surface area contributed by atoms with E-state index in [9.17, 15) is 4.79 Å². The summed E-state index contributed by atoms with van der Waals surface area (Å²) >= 11 is 0. The minimum absolute atomic E-state index is 0.142. The lowest BCUT2D eigenvalue weighted by Crippen LogP contribution is -2.10. The number of nitrogens with one attached hydrogen (secondary N) is 2. The molecule has 7 nitrogen and oxygen atoms in total. The van der Waals surface area contributed by atoms with Gasteiger partial charge in [0.25, 0.3) is 5.56 Å². The highest BCUT2D eigenvalue weighted by molar-refractivity contribution is 5.75. The van der Waals surface area contributed by atoms with E-state index in [4.69, 9.17) is 0 Å². The summed E-state index contributed by atoms with van der Waals surface area (Å²) in [5, 5.41) is 3.35. The Kier molecular flexibility index (Phi) is 5.37. The average Bonchev–Trinajstić information content (AvgIpc) is 3.06. The van der Waals surface area contributed by atoms with Crippen LogP contribution in [0.25, 0.3) is 22.4 Å². The van der Waals surface area contributed by atoms with Crippen LogP contribution in [0.3, 0.4) is 0 Å². The third-order valence-electron chi connectivity index (χ3n) is 4.90. The topological polar surface area (TPSA) is 88.5 Å². The largest absolute Gasteiger partial charge is 0.370 e. The van der Waals surface area contributed by atoms with E-state index < -0.39 is 0 Å². The molecule has 0 atom stereocenters. The first kappa shape index (κ1) is 18.9. The zero-order chi connectivity index (χ0) is 20.2. The monoisotopic (exact) mass is 388 g/mol. The summed E-state index contributed by atoms with van der Waals surface area (Å²) in [6.07, 6.45) is 3.40. The number of benzene rings is 1. The van der Waals surface area contributed by atoms with Gasteiger partial charge in [-0.15, -0.1) is 0 Å². The second-order valence-corrected chi connectivity index (χ2v) is 6.95. The number of aromatic amines is 1. The molecule has 29 heavy (non-hydrogen) atoms. The van der Waals surface area contributed by atoms with Crippen molar-refractivity contribution in [1.82, 2.24) is 24.5 Å². The van der Waals surface area contributed by atoms with E-state index in [1.54, 1.807) is 6.20 Å². The first-order valence-electron chi connectivity index (χ1n) is 9.86. The van der Waals surface area contributed by atoms with Gasteiger partial charge in [0.2, 0.25) is 0 Å². The highest BCUT2D eigenvalue weighted by atomic mass is 16.1. The third-order valence-corrected chi connectivity index (χ3v) is 4.90. The van der Waals surface area contributed by atoms with Crippen LogP contribution in [0.15, 0.2) is 53.5 Å². The van der Waals surface area contributed by atoms with Gasteiger partial charge in [-0.3, -0.25) is 4.79 Å². The Morgan fingerprint density at radius 2 is 2.00 bits per heavy atom. The molecule has 148 valence electrons. The van der Waals surface area contributed by atoms with Crippen LogP contribution in [-0.2, 0) is 13.0 Å². The van der Waals surface area contributed by atoms with Crippen LogP contribution in [0.1, 0.15) is 24.9 Å². The van der Waals surface area contributed by atoms with Gasteiger partial charge in [0.15, 0.2) is 0 Å². The summed E-state index contributed by atoms with van der Waals surface area (Å²) in [7, 11) is 0. The molecule has 0 radical (unpaired) electrons. The van der Waals surface area contributed by atoms with Crippen molar-refractivity contribution in [2.24, 2.45) is 0 Å². The van der Waals surface area contributed by atoms with Crippen molar-refractivity contribution in [2.75, 3.05) is 11.9 Å². The van der Waals surface area contributed by atoms with Crippen molar-refractivity contribution < 1.29 is 0 Å². The lowest BCUT2D eigenvalue weighted by molar-refractivity contribution is 0.658. The predicted molar refractivity (Wildman–Crippen MR) is 115 cm³/mol. The molecule has 3 heterocycles. The van der Waals surface area contributed by atoms with Crippen LogP contribution in [0.4, 0.5) is 5.82 Å². The second kappa shape index (κ2) is 8.26. The summed E-state index contributed by atoms with van der Waals surface area (Å²) in [6, 6.07) is 13.6. The van der Waals surface area contributed by atoms with Gasteiger partial charge >= 0.3 is 0 Å². The molecule has 0 fully saturated rings. The van der Waals surface area contributed by atoms with Crippen LogP contribution in [0.5, 0.6) is 0 Å². The van der Waals surface area contributed by atoms with Gasteiger partial charge in [-0.05, 0) is 44.0 Å². The second-order valence-electron chi connectivity index (χ2n) is 6.95. The maximum Gasteiger partial charge on any atom is 0.251 e. The number of aryl methyl sites for hydroxylation is 3. The fourth-order valence-corrected chi connectivity index (χ4v) is 3.40. The Balaban J connectivity index is 1.37. The van der Waals surface area contributed by atoms with E-state index in [-0.39, 0.29) is 5.56 Å². The van der Waals surface area contributed by atoms with E-state index in [0.29, 0.717) is 5.82 Å². The summed E-state index contributed by atoms with van der Waals surface area (Å²) in [5.41, 5.74) is 3.63. The fraction of sp³-hybridized carbons (Fsp3) is 0.273. The molecule has 0 amide bonds. The molecule has 0 saturated carbocycles. The Morgan fingerprint density at radius 1 is 1.14 bits per heavy atom. The first-order chi connectivity index (χ1) is 14.1. The highest BCUT2D eigenvalue weighted by Crippen LogP contribution is 2.17. The van der Waals surface area contributed by atoms with Gasteiger partial charge in [-0.25, -0.2) is 15.0 Å². The van der Waals surface area contributed by atoms with Crippen LogP contribution in [0, 0.1) is 6.92 Å². The van der Waals surface area contributed by atoms with Crippen LogP contribution >= 0.6 is 0 Å². The lowest BCUT2D eigenvalue weighted by Gasteiger charge is -2.09. The molecule has 2 N–H and O–H groups in total. The molecule has 1 aromatic carbocycles. The van der Waals surface area contributed by atoms with Gasteiger partial charge in [0.05, 0.1) is 11.0 Å². The van der Waals surface area contributed by atoms with E-state index >= 15 is 0 Å². The minimum Gasteiger partial charge on any atom is -0.370 e. The third kappa shape index (κ3) is 4.18. The van der Waals surface area contributed by atoms with Crippen LogP contribution in [-0.4, -0.2) is 31.0 Å². The molecule has 4 rings (SSSR count). The molecular weight excluding hydrogens is 364 g/mol. The van der Waals surface area contributed by atoms with Crippen molar-refractivity contribution >= 4 is 16.9 Å². The zero-order valence-corrected chi connectivity index (χ0v) is 16.6. The maximum atomic E-state index is 11.8. The number of nitrogens with zero attached hydrogens (tertiary/aromatic N) is 4. The molecule has 0 bridgehead atoms. The standard InChI is InChI=1S/C22H24N6O/c1-3-17-13-21(29)27-22(26-17)16-9-10-20(24-14-16)23-11-6-12-28-15(2)25-18-7-4-5-8-19(18)28/h4-5,7-10,13-14H,3,6,11-12H2,1-2H3,(H,23,24)(H,26,27,29). The van der Waals surface area contributed by atoms with E-state index in [2.05, 4.69) is 35.9 Å². The van der Waals surface area contributed by atoms with Gasteiger partial charge in [0.1, 0.15) is 17.5 Å². The molecule has 3 aromatic heterocycles. The zero-order valence-electron chi connectivity index (χ0n) is 16.6. The van der Waals surface area contributed by atoms with Gasteiger partial charge in [0, 0.05) is 36.6 Å². The molecule has 7 heteroatoms. The molecular formula is C22H24N6O. The molecule has 0 spiro atoms. The summed E-state index contributed by atoms with van der Waals surface area (Å²) < 4.78 is 2.25. The number of imidazole rings is 1. The van der Waals surface area contributed by atoms with Crippen LogP contribution in [0.2, 0.25) is 0 Å². The number of para-hydroxylation sites is 2. The fourth-order valence-electron chi connectivity index (χ4n) is 3.40.